The van der Waals surface area contributed by atoms with Gasteiger partial charge in [-0.2, -0.15) is 72.3 Å². The minimum atomic E-state index is -0.606. The predicted octanol–water partition coefficient (Wildman–Crippen LogP) is 7.31. The van der Waals surface area contributed by atoms with Crippen LogP contribution in [0.1, 0.15) is 20.8 Å². The highest BCUT2D eigenvalue weighted by Gasteiger charge is 2.25. The van der Waals surface area contributed by atoms with Crippen LogP contribution in [-0.4, -0.2) is 80.0 Å². The maximum absolute atomic E-state index is 4.50. The molecule has 0 saturated carbocycles. The Kier molecular flexibility index (Phi) is 22.5. The summed E-state index contributed by atoms with van der Waals surface area (Å²) in [6.45, 7) is 6.67. The van der Waals surface area contributed by atoms with Gasteiger partial charge < -0.3 is 0 Å². The molecule has 0 saturated heterocycles. The van der Waals surface area contributed by atoms with Crippen LogP contribution in [0, 0.1) is 0 Å². The van der Waals surface area contributed by atoms with E-state index in [1.165, 1.54) is 63.3 Å². The Labute approximate surface area is 200 Å². The molecular formula is C17H38S9. The highest BCUT2D eigenvalue weighted by molar-refractivity contribution is 9.25. The molecule has 0 nitrogen and oxygen atoms in total. The van der Waals surface area contributed by atoms with Gasteiger partial charge in [-0.15, -0.1) is 29.7 Å². The van der Waals surface area contributed by atoms with Crippen molar-refractivity contribution in [1.82, 2.24) is 0 Å². The van der Waals surface area contributed by atoms with E-state index in [1.807, 2.05) is 11.8 Å². The van der Waals surface area contributed by atoms with Crippen LogP contribution >= 0.6 is 102 Å². The lowest BCUT2D eigenvalue weighted by Crippen LogP contribution is -2.10. The van der Waals surface area contributed by atoms with Crippen LogP contribution in [0.3, 0.4) is 0 Å². The lowest BCUT2D eigenvalue weighted by atomic mass is 10.6. The second-order valence-corrected chi connectivity index (χ2v) is 21.7. The van der Waals surface area contributed by atoms with Gasteiger partial charge in [0.2, 0.25) is 0 Å². The Morgan fingerprint density at radius 3 is 1.65 bits per heavy atom. The van der Waals surface area contributed by atoms with E-state index in [2.05, 4.69) is 109 Å². The van der Waals surface area contributed by atoms with Gasteiger partial charge >= 0.3 is 0 Å². The largest absolute Gasteiger partial charge is 0.175 e. The SMILES string of the molecule is CCSCCS(CCSC)(SCCSCC(C)S)SCCSCC(C)S. The standard InChI is InChI=1S/C17H38S9/c1-5-21-11-13-26(12-10-20-4,24-8-6-22-14-16(2)18)25-9-7-23-15-17(3)19/h16-19H,5-15H2,1-4H3. The number of thiol groups is 2. The van der Waals surface area contributed by atoms with Crippen molar-refractivity contribution in [2.24, 2.45) is 0 Å². The lowest BCUT2D eigenvalue weighted by Gasteiger charge is -2.38. The summed E-state index contributed by atoms with van der Waals surface area (Å²) in [5.74, 6) is 14.2. The molecule has 0 aliphatic heterocycles. The van der Waals surface area contributed by atoms with Gasteiger partial charge in [0.1, 0.15) is 0 Å². The summed E-state index contributed by atoms with van der Waals surface area (Å²) in [4.78, 5) is 0. The van der Waals surface area contributed by atoms with Crippen molar-refractivity contribution in [3.63, 3.8) is 0 Å². The number of hydrogen-bond donors (Lipinski definition) is 2. The fourth-order valence-electron chi connectivity index (χ4n) is 1.91. The Hall–Kier alpha value is 3.15. The summed E-state index contributed by atoms with van der Waals surface area (Å²) >= 11 is 17.3. The Morgan fingerprint density at radius 1 is 0.731 bits per heavy atom. The molecule has 0 N–H and O–H groups in total. The van der Waals surface area contributed by atoms with Crippen molar-refractivity contribution in [1.29, 1.82) is 0 Å². The summed E-state index contributed by atoms with van der Waals surface area (Å²) in [5.41, 5.74) is 0. The first-order chi connectivity index (χ1) is 12.5. The van der Waals surface area contributed by atoms with E-state index in [4.69, 9.17) is 0 Å². The molecular weight excluding hydrogens is 493 g/mol. The van der Waals surface area contributed by atoms with Crippen LogP contribution in [0.15, 0.2) is 0 Å². The van der Waals surface area contributed by atoms with Crippen LogP contribution in [0.4, 0.5) is 0 Å². The van der Waals surface area contributed by atoms with Crippen molar-refractivity contribution in [2.75, 3.05) is 69.5 Å². The average Bonchev–Trinajstić information content (AvgIpc) is 2.59. The van der Waals surface area contributed by atoms with Gasteiger partial charge in [0.15, 0.2) is 0 Å². The molecule has 160 valence electrons. The summed E-state index contributed by atoms with van der Waals surface area (Å²) in [6.07, 6.45) is 2.26. The van der Waals surface area contributed by atoms with E-state index in [-0.39, 0.29) is 0 Å². The predicted molar refractivity (Wildman–Crippen MR) is 155 cm³/mol. The molecule has 26 heavy (non-hydrogen) atoms. The first-order valence-corrected chi connectivity index (χ1v) is 20.0. The van der Waals surface area contributed by atoms with Crippen LogP contribution in [0.5, 0.6) is 0 Å². The van der Waals surface area contributed by atoms with Crippen LogP contribution in [0.25, 0.3) is 0 Å². The molecule has 2 unspecified atom stereocenters. The monoisotopic (exact) mass is 530 g/mol. The molecule has 0 radical (unpaired) electrons. The van der Waals surface area contributed by atoms with E-state index in [0.717, 1.165) is 0 Å². The van der Waals surface area contributed by atoms with E-state index in [1.54, 1.807) is 0 Å². The maximum Gasteiger partial charge on any atom is 0.0120 e. The summed E-state index contributed by atoms with van der Waals surface area (Å²) in [7, 11) is 4.04. The van der Waals surface area contributed by atoms with Crippen molar-refractivity contribution in [3.05, 3.63) is 0 Å². The molecule has 9 heteroatoms. The average molecular weight is 531 g/mol. The topological polar surface area (TPSA) is 0 Å². The zero-order valence-corrected chi connectivity index (χ0v) is 24.2. The van der Waals surface area contributed by atoms with Crippen molar-refractivity contribution in [3.8, 4) is 0 Å². The quantitative estimate of drug-likeness (QED) is 0.101. The molecule has 0 bridgehead atoms. The van der Waals surface area contributed by atoms with Crippen molar-refractivity contribution in [2.45, 2.75) is 31.3 Å². The molecule has 0 aromatic rings. The van der Waals surface area contributed by atoms with Gasteiger partial charge in [-0.25, -0.2) is 0 Å². The van der Waals surface area contributed by atoms with E-state index >= 15 is 0 Å². The second-order valence-electron chi connectivity index (χ2n) is 5.83. The van der Waals surface area contributed by atoms with Crippen molar-refractivity contribution >= 4 is 102 Å². The fourth-order valence-corrected chi connectivity index (χ4v) is 18.8. The van der Waals surface area contributed by atoms with Gasteiger partial charge in [-0.1, -0.05) is 20.8 Å². The molecule has 0 heterocycles. The molecule has 0 fully saturated rings. The zero-order chi connectivity index (χ0) is 19.7. The molecule has 0 aromatic carbocycles. The molecule has 0 spiro atoms. The highest BCUT2D eigenvalue weighted by atomic mass is 33.6. The highest BCUT2D eigenvalue weighted by Crippen LogP contribution is 2.69. The van der Waals surface area contributed by atoms with E-state index < -0.39 is 8.09 Å². The van der Waals surface area contributed by atoms with E-state index in [9.17, 15) is 0 Å². The number of rotatable bonds is 19. The van der Waals surface area contributed by atoms with Crippen LogP contribution in [-0.2, 0) is 0 Å². The third-order valence-electron chi connectivity index (χ3n) is 3.11. The summed E-state index contributed by atoms with van der Waals surface area (Å²) in [5, 5.41) is 1.03. The third kappa shape index (κ3) is 18.0. The van der Waals surface area contributed by atoms with Gasteiger partial charge in [0, 0.05) is 68.0 Å². The molecule has 0 aromatic heterocycles. The first kappa shape index (κ1) is 29.1. The molecule has 0 aliphatic carbocycles. The molecule has 0 aliphatic rings. The number of thioether (sulfide) groups is 4. The minimum absolute atomic E-state index is 0.514. The first-order valence-electron chi connectivity index (χ1n) is 9.11. The van der Waals surface area contributed by atoms with E-state index in [0.29, 0.717) is 10.5 Å². The van der Waals surface area contributed by atoms with Crippen LogP contribution in [0.2, 0.25) is 0 Å². The normalized spacial score (nSPS) is 17.6. The zero-order valence-electron chi connectivity index (χ0n) is 16.7. The fraction of sp³-hybridized carbons (Fsp3) is 1.00. The van der Waals surface area contributed by atoms with Gasteiger partial charge in [-0.05, 0) is 12.0 Å². The second kappa shape index (κ2) is 20.1. The van der Waals surface area contributed by atoms with Gasteiger partial charge in [0.05, 0.1) is 0 Å². The molecule has 2 atom stereocenters. The van der Waals surface area contributed by atoms with Gasteiger partial charge in [0.25, 0.3) is 0 Å². The smallest absolute Gasteiger partial charge is 0.0120 e. The number of hydrogen-bond acceptors (Lipinski definition) is 8. The maximum atomic E-state index is 4.50. The Balaban J connectivity index is 4.53. The Bertz CT molecular complexity index is 282. The summed E-state index contributed by atoms with van der Waals surface area (Å²) in [6, 6.07) is 0. The minimum Gasteiger partial charge on any atom is -0.175 e. The van der Waals surface area contributed by atoms with Gasteiger partial charge in [-0.3, -0.25) is 0 Å². The Morgan fingerprint density at radius 2 is 1.23 bits per heavy atom. The third-order valence-corrected chi connectivity index (χ3v) is 19.5. The lowest BCUT2D eigenvalue weighted by molar-refractivity contribution is 1.14. The van der Waals surface area contributed by atoms with Crippen molar-refractivity contribution < 1.29 is 0 Å². The summed E-state index contributed by atoms with van der Waals surface area (Å²) < 4.78 is 0. The van der Waals surface area contributed by atoms with Crippen LogP contribution < -0.4 is 0 Å². The molecule has 0 rings (SSSR count). The molecule has 0 amide bonds.